The Hall–Kier alpha value is -0.330. The molecule has 0 amide bonds. The summed E-state index contributed by atoms with van der Waals surface area (Å²) in [7, 11) is 0. The van der Waals surface area contributed by atoms with E-state index >= 15 is 0 Å². The summed E-state index contributed by atoms with van der Waals surface area (Å²) in [5.41, 5.74) is 3.50. The Labute approximate surface area is 124 Å². The molecule has 2 aromatic rings. The maximum absolute atomic E-state index is 4.60. The van der Waals surface area contributed by atoms with E-state index in [0.717, 1.165) is 38.9 Å². The molecule has 0 aromatic carbocycles. The largest absolute Gasteiger partial charge is 0.268 e. The number of hydrogen-bond donors (Lipinski definition) is 0. The van der Waals surface area contributed by atoms with Gasteiger partial charge in [-0.15, -0.1) is 11.3 Å². The van der Waals surface area contributed by atoms with Crippen LogP contribution in [0.15, 0.2) is 14.2 Å². The predicted octanol–water partition coefficient (Wildman–Crippen LogP) is 4.29. The van der Waals surface area contributed by atoms with E-state index in [-0.39, 0.29) is 0 Å². The van der Waals surface area contributed by atoms with Crippen molar-refractivity contribution in [1.29, 1.82) is 0 Å². The second-order valence-corrected chi connectivity index (χ2v) is 6.79. The van der Waals surface area contributed by atoms with Gasteiger partial charge in [-0.1, -0.05) is 18.7 Å². The third-order valence-electron chi connectivity index (χ3n) is 2.62. The lowest BCUT2D eigenvalue weighted by Gasteiger charge is -2.03. The van der Waals surface area contributed by atoms with Crippen LogP contribution in [0.4, 0.5) is 0 Å². The van der Waals surface area contributed by atoms with Gasteiger partial charge in [0.25, 0.3) is 0 Å². The summed E-state index contributed by atoms with van der Waals surface area (Å²) < 4.78 is 4.37. The summed E-state index contributed by atoms with van der Waals surface area (Å²) in [4.78, 5) is 4.47. The lowest BCUT2D eigenvalue weighted by Crippen LogP contribution is -2.01. The fourth-order valence-corrected chi connectivity index (χ4v) is 4.45. The van der Waals surface area contributed by atoms with E-state index in [1.165, 1.54) is 5.69 Å². The number of thiazole rings is 1. The normalized spacial score (nSPS) is 11.1. The van der Waals surface area contributed by atoms with Gasteiger partial charge in [0, 0.05) is 23.4 Å². The molecule has 2 aromatic heterocycles. The van der Waals surface area contributed by atoms with Gasteiger partial charge in [-0.2, -0.15) is 5.10 Å². The molecule has 0 bridgehead atoms. The number of hydrogen-bond acceptors (Lipinski definition) is 4. The molecule has 0 spiro atoms. The van der Waals surface area contributed by atoms with Crippen LogP contribution in [0.2, 0.25) is 0 Å². The Bertz CT molecular complexity index is 533. The highest BCUT2D eigenvalue weighted by Gasteiger charge is 2.14. The van der Waals surface area contributed by atoms with Gasteiger partial charge >= 0.3 is 0 Å². The number of rotatable bonds is 5. The quantitative estimate of drug-likeness (QED) is 0.757. The summed E-state index contributed by atoms with van der Waals surface area (Å²) in [5.74, 6) is 0.911. The van der Waals surface area contributed by atoms with Crippen molar-refractivity contribution in [1.82, 2.24) is 14.8 Å². The fourth-order valence-electron chi connectivity index (χ4n) is 1.68. The van der Waals surface area contributed by atoms with E-state index in [1.54, 1.807) is 23.1 Å². The van der Waals surface area contributed by atoms with Crippen molar-refractivity contribution in [2.45, 2.75) is 43.8 Å². The van der Waals surface area contributed by atoms with Crippen LogP contribution in [0.25, 0.3) is 0 Å². The zero-order valence-electron chi connectivity index (χ0n) is 10.7. The van der Waals surface area contributed by atoms with Crippen molar-refractivity contribution in [2.24, 2.45) is 0 Å². The minimum Gasteiger partial charge on any atom is -0.268 e. The van der Waals surface area contributed by atoms with Crippen molar-refractivity contribution in [2.75, 3.05) is 0 Å². The van der Waals surface area contributed by atoms with Crippen LogP contribution in [0.5, 0.6) is 0 Å². The first kappa shape index (κ1) is 14.1. The van der Waals surface area contributed by atoms with Crippen LogP contribution < -0.4 is 0 Å². The Morgan fingerprint density at radius 3 is 2.78 bits per heavy atom. The van der Waals surface area contributed by atoms with Gasteiger partial charge < -0.3 is 0 Å². The first-order valence-electron chi connectivity index (χ1n) is 5.94. The van der Waals surface area contributed by atoms with Gasteiger partial charge in [0.05, 0.1) is 15.9 Å². The molecule has 0 saturated carbocycles. The molecule has 0 aliphatic carbocycles. The standard InChI is InChI=1S/C12H16BrN3S2/c1-4-9-11(13)10(16(5-2)15-9)7-18-12-14-8(3)6-17-12/h6H,4-5,7H2,1-3H3. The molecule has 0 radical (unpaired) electrons. The minimum atomic E-state index is 0.908. The zero-order valence-corrected chi connectivity index (χ0v) is 14.0. The van der Waals surface area contributed by atoms with Crippen LogP contribution in [0, 0.1) is 6.92 Å². The van der Waals surface area contributed by atoms with Crippen molar-refractivity contribution in [3.63, 3.8) is 0 Å². The van der Waals surface area contributed by atoms with Crippen LogP contribution in [-0.4, -0.2) is 14.8 Å². The molecule has 0 fully saturated rings. The molecule has 2 rings (SSSR count). The molecule has 0 aliphatic rings. The second kappa shape index (κ2) is 6.21. The van der Waals surface area contributed by atoms with Crippen LogP contribution in [-0.2, 0) is 18.7 Å². The highest BCUT2D eigenvalue weighted by Crippen LogP contribution is 2.30. The highest BCUT2D eigenvalue weighted by atomic mass is 79.9. The lowest BCUT2D eigenvalue weighted by atomic mass is 10.3. The number of nitrogens with zero attached hydrogens (tertiary/aromatic N) is 3. The van der Waals surface area contributed by atoms with Gasteiger partial charge in [-0.25, -0.2) is 4.98 Å². The maximum atomic E-state index is 4.60. The van der Waals surface area contributed by atoms with Gasteiger partial charge in [-0.05, 0) is 36.2 Å². The third kappa shape index (κ3) is 2.97. The van der Waals surface area contributed by atoms with Gasteiger partial charge in [0.1, 0.15) is 4.34 Å². The smallest absolute Gasteiger partial charge is 0.150 e. The van der Waals surface area contributed by atoms with Crippen molar-refractivity contribution in [3.05, 3.63) is 26.9 Å². The lowest BCUT2D eigenvalue weighted by molar-refractivity contribution is 0.627. The van der Waals surface area contributed by atoms with E-state index in [1.807, 2.05) is 6.92 Å². The molecule has 3 nitrogen and oxygen atoms in total. The first-order chi connectivity index (χ1) is 8.65. The minimum absolute atomic E-state index is 0.908. The Balaban J connectivity index is 2.15. The molecule has 0 N–H and O–H groups in total. The van der Waals surface area contributed by atoms with Crippen molar-refractivity contribution in [3.8, 4) is 0 Å². The van der Waals surface area contributed by atoms with Crippen molar-refractivity contribution >= 4 is 39.0 Å². The third-order valence-corrected chi connectivity index (χ3v) is 5.69. The van der Waals surface area contributed by atoms with Crippen LogP contribution >= 0.6 is 39.0 Å². The molecule has 6 heteroatoms. The Kier molecular flexibility index (Phi) is 4.86. The molecular weight excluding hydrogens is 330 g/mol. The number of aromatic nitrogens is 3. The van der Waals surface area contributed by atoms with Gasteiger partial charge in [0.15, 0.2) is 0 Å². The van der Waals surface area contributed by atoms with E-state index in [9.17, 15) is 0 Å². The van der Waals surface area contributed by atoms with E-state index < -0.39 is 0 Å². The summed E-state index contributed by atoms with van der Waals surface area (Å²) in [6.45, 7) is 7.20. The fraction of sp³-hybridized carbons (Fsp3) is 0.500. The molecule has 0 atom stereocenters. The Morgan fingerprint density at radius 2 is 2.22 bits per heavy atom. The number of halogens is 1. The summed E-state index contributed by atoms with van der Waals surface area (Å²) in [6, 6.07) is 0. The second-order valence-electron chi connectivity index (χ2n) is 3.92. The molecule has 18 heavy (non-hydrogen) atoms. The topological polar surface area (TPSA) is 30.7 Å². The van der Waals surface area contributed by atoms with Crippen LogP contribution in [0.3, 0.4) is 0 Å². The highest BCUT2D eigenvalue weighted by molar-refractivity contribution is 9.10. The van der Waals surface area contributed by atoms with E-state index in [4.69, 9.17) is 0 Å². The summed E-state index contributed by atoms with van der Waals surface area (Å²) in [5, 5.41) is 6.69. The number of aryl methyl sites for hydroxylation is 3. The molecule has 0 aliphatic heterocycles. The summed E-state index contributed by atoms with van der Waals surface area (Å²) in [6.07, 6.45) is 0.960. The van der Waals surface area contributed by atoms with Gasteiger partial charge in [0.2, 0.25) is 0 Å². The molecule has 98 valence electrons. The summed E-state index contributed by atoms with van der Waals surface area (Å²) >= 11 is 7.15. The molecule has 0 saturated heterocycles. The van der Waals surface area contributed by atoms with Gasteiger partial charge in [-0.3, -0.25) is 4.68 Å². The van der Waals surface area contributed by atoms with Crippen LogP contribution in [0.1, 0.15) is 30.9 Å². The monoisotopic (exact) mass is 345 g/mol. The maximum Gasteiger partial charge on any atom is 0.150 e. The SMILES string of the molecule is CCc1nn(CC)c(CSc2nc(C)cs2)c1Br. The van der Waals surface area contributed by atoms with Crippen molar-refractivity contribution < 1.29 is 0 Å². The molecular formula is C12H16BrN3S2. The predicted molar refractivity (Wildman–Crippen MR) is 81.4 cm³/mol. The first-order valence-corrected chi connectivity index (χ1v) is 8.60. The number of thioether (sulfide) groups is 1. The van der Waals surface area contributed by atoms with E-state index in [0.29, 0.717) is 0 Å². The van der Waals surface area contributed by atoms with E-state index in [2.05, 4.69) is 49.9 Å². The molecule has 2 heterocycles. The zero-order chi connectivity index (χ0) is 13.1. The Morgan fingerprint density at radius 1 is 1.44 bits per heavy atom. The average molecular weight is 346 g/mol. The molecule has 0 unspecified atom stereocenters. The average Bonchev–Trinajstić information content (AvgIpc) is 2.91.